The molecule has 0 aliphatic carbocycles. The predicted octanol–water partition coefficient (Wildman–Crippen LogP) is 7.49. The first-order valence-corrected chi connectivity index (χ1v) is 29.1. The lowest BCUT2D eigenvalue weighted by molar-refractivity contribution is -0.141. The van der Waals surface area contributed by atoms with E-state index in [2.05, 4.69) is 83.3 Å². The molecule has 21 nitrogen and oxygen atoms in total. The molecule has 0 fully saturated rings. The van der Waals surface area contributed by atoms with Gasteiger partial charge >= 0.3 is 17.9 Å². The van der Waals surface area contributed by atoms with Crippen molar-refractivity contribution in [3.05, 3.63) is 157 Å². The van der Waals surface area contributed by atoms with Gasteiger partial charge in [0.2, 0.25) is 0 Å². The minimum atomic E-state index is -0.251. The Bertz CT molecular complexity index is 3470. The minimum Gasteiger partial charge on any atom is -0.469 e. The van der Waals surface area contributed by atoms with Crippen LogP contribution in [0.2, 0.25) is 0 Å². The minimum absolute atomic E-state index is 0.184. The van der Waals surface area contributed by atoms with E-state index < -0.39 is 0 Å². The first-order chi connectivity index (χ1) is 40.9. The number of pyridine rings is 3. The number of hydrogen-bond acceptors (Lipinski definition) is 18. The number of carbonyl (C=O) groups excluding carboxylic acids is 3. The highest BCUT2D eigenvalue weighted by molar-refractivity contribution is 5.83. The molecule has 0 spiro atoms. The Morgan fingerprint density at radius 1 is 0.440 bits per heavy atom. The average molecular weight is 1140 g/mol. The van der Waals surface area contributed by atoms with Crippen molar-refractivity contribution in [2.75, 3.05) is 41.0 Å². The summed E-state index contributed by atoms with van der Waals surface area (Å²) in [5, 5.41) is 35.9. The Balaban J connectivity index is 0.000000140. The molecule has 9 heterocycles. The van der Waals surface area contributed by atoms with Gasteiger partial charge in [-0.1, -0.05) is 52.0 Å². The number of aromatic nitrogens is 12. The number of fused-ring (bicyclic) bond motifs is 6. The molecular formula is C63H75N15O6. The molecule has 3 N–H and O–H groups in total. The van der Waals surface area contributed by atoms with Crippen LogP contribution in [-0.2, 0) is 87.1 Å². The lowest BCUT2D eigenvalue weighted by Gasteiger charge is -2.22. The third-order valence-electron chi connectivity index (χ3n) is 16.7. The van der Waals surface area contributed by atoms with Gasteiger partial charge in [-0.2, -0.15) is 0 Å². The molecule has 12 rings (SSSR count). The molecule has 0 amide bonds. The first-order valence-electron chi connectivity index (χ1n) is 29.1. The van der Waals surface area contributed by atoms with Gasteiger partial charge in [0.15, 0.2) is 0 Å². The van der Waals surface area contributed by atoms with Crippen molar-refractivity contribution in [1.29, 1.82) is 0 Å². The Labute approximate surface area is 488 Å². The summed E-state index contributed by atoms with van der Waals surface area (Å²) in [6, 6.07) is 24.9. The summed E-state index contributed by atoms with van der Waals surface area (Å²) in [5.74, 6) is -1.30. The number of rotatable bonds is 15. The highest BCUT2D eigenvalue weighted by Gasteiger charge is 2.29. The SMILES string of the molecule is CCn1nnc2c(C)c(C(CC(=O)OC)c3ccc4c(n3)CNCC4)ccc21.CCn1nnc2c(C)c(C(CC(=O)OC)c3ccc4c(n3)CNCC4)ccc21.CCn1nnc2c(C)c([C@H](CC(=O)OC)c3ccc4c(n3)CNCC4)ccc21. The van der Waals surface area contributed by atoms with Gasteiger partial charge < -0.3 is 30.2 Å². The summed E-state index contributed by atoms with van der Waals surface area (Å²) in [6.07, 6.45) is 3.66. The van der Waals surface area contributed by atoms with E-state index in [1.165, 1.54) is 38.0 Å². The predicted molar refractivity (Wildman–Crippen MR) is 318 cm³/mol. The fourth-order valence-corrected chi connectivity index (χ4v) is 11.9. The maximum Gasteiger partial charge on any atom is 0.306 e. The second kappa shape index (κ2) is 26.5. The number of hydrogen-bond donors (Lipinski definition) is 3. The molecule has 0 saturated carbocycles. The summed E-state index contributed by atoms with van der Waals surface area (Å²) in [7, 11) is 4.27. The molecule has 0 radical (unpaired) electrons. The lowest BCUT2D eigenvalue weighted by Crippen LogP contribution is -2.25. The number of nitrogens with zero attached hydrogens (tertiary/aromatic N) is 12. The van der Waals surface area contributed by atoms with Gasteiger partial charge in [-0.15, -0.1) is 15.3 Å². The van der Waals surface area contributed by atoms with Crippen molar-refractivity contribution in [1.82, 2.24) is 75.9 Å². The van der Waals surface area contributed by atoms with E-state index in [0.717, 1.165) is 179 Å². The zero-order chi connectivity index (χ0) is 59.0. The molecule has 438 valence electrons. The number of aryl methyl sites for hydroxylation is 6. The number of ether oxygens (including phenoxy) is 3. The van der Waals surface area contributed by atoms with Crippen LogP contribution < -0.4 is 16.0 Å². The van der Waals surface area contributed by atoms with Crippen LogP contribution >= 0.6 is 0 Å². The van der Waals surface area contributed by atoms with Crippen LogP contribution in [0, 0.1) is 20.8 Å². The molecule has 9 aromatic rings. The molecule has 21 heteroatoms. The number of nitrogens with one attached hydrogen (secondary N) is 3. The molecular weight excluding hydrogens is 1060 g/mol. The Kier molecular flexibility index (Phi) is 18.5. The molecule has 3 aromatic carbocycles. The van der Waals surface area contributed by atoms with Gasteiger partial charge in [-0.05, 0) is 167 Å². The van der Waals surface area contributed by atoms with Crippen molar-refractivity contribution in [3.63, 3.8) is 0 Å². The number of esters is 3. The Hall–Kier alpha value is -8.40. The number of methoxy groups -OCH3 is 3. The summed E-state index contributed by atoms with van der Waals surface area (Å²) in [5.41, 5.74) is 21.5. The quantitative estimate of drug-likeness (QED) is 0.0665. The second-order valence-electron chi connectivity index (χ2n) is 21.5. The zero-order valence-electron chi connectivity index (χ0n) is 49.6. The van der Waals surface area contributed by atoms with Gasteiger partial charge in [0.05, 0.1) is 74.2 Å². The first kappa shape index (κ1) is 58.8. The van der Waals surface area contributed by atoms with Crippen LogP contribution in [0.15, 0.2) is 72.8 Å². The van der Waals surface area contributed by atoms with Crippen LogP contribution in [0.4, 0.5) is 0 Å². The van der Waals surface area contributed by atoms with Crippen LogP contribution in [-0.4, -0.2) is 119 Å². The van der Waals surface area contributed by atoms with E-state index in [1.807, 2.05) is 92.0 Å². The smallest absolute Gasteiger partial charge is 0.306 e. The fraction of sp³-hybridized carbons (Fsp3) is 0.429. The molecule has 0 bridgehead atoms. The highest BCUT2D eigenvalue weighted by Crippen LogP contribution is 2.37. The van der Waals surface area contributed by atoms with Crippen LogP contribution in [0.5, 0.6) is 0 Å². The van der Waals surface area contributed by atoms with Crippen molar-refractivity contribution in [2.45, 2.75) is 137 Å². The molecule has 6 aromatic heterocycles. The third kappa shape index (κ3) is 12.3. The molecule has 3 atom stereocenters. The Morgan fingerprint density at radius 2 is 0.726 bits per heavy atom. The van der Waals surface area contributed by atoms with Gasteiger partial charge in [-0.3, -0.25) is 29.3 Å². The van der Waals surface area contributed by atoms with Crippen LogP contribution in [0.1, 0.15) is 142 Å². The normalized spacial score (nSPS) is 14.7. The van der Waals surface area contributed by atoms with Gasteiger partial charge in [0.1, 0.15) is 16.6 Å². The topological polar surface area (TPSA) is 246 Å². The molecule has 3 aliphatic rings. The molecule has 84 heavy (non-hydrogen) atoms. The van der Waals surface area contributed by atoms with Crippen LogP contribution in [0.25, 0.3) is 33.1 Å². The van der Waals surface area contributed by atoms with E-state index >= 15 is 0 Å². The fourth-order valence-electron chi connectivity index (χ4n) is 11.9. The van der Waals surface area contributed by atoms with Gasteiger partial charge in [-0.25, -0.2) is 14.0 Å². The highest BCUT2D eigenvalue weighted by atomic mass is 16.5. The van der Waals surface area contributed by atoms with Gasteiger partial charge in [0, 0.05) is 74.1 Å². The van der Waals surface area contributed by atoms with Crippen molar-refractivity contribution in [3.8, 4) is 0 Å². The maximum atomic E-state index is 12.2. The molecule has 3 aliphatic heterocycles. The van der Waals surface area contributed by atoms with E-state index in [-0.39, 0.29) is 54.9 Å². The van der Waals surface area contributed by atoms with Crippen molar-refractivity contribution < 1.29 is 28.6 Å². The summed E-state index contributed by atoms with van der Waals surface area (Å²) >= 11 is 0. The van der Waals surface area contributed by atoms with Crippen molar-refractivity contribution in [2.24, 2.45) is 0 Å². The summed E-state index contributed by atoms with van der Waals surface area (Å²) in [6.45, 7) is 19.7. The third-order valence-corrected chi connectivity index (χ3v) is 16.7. The van der Waals surface area contributed by atoms with Gasteiger partial charge in [0.25, 0.3) is 0 Å². The molecule has 2 unspecified atom stereocenters. The molecule has 0 saturated heterocycles. The zero-order valence-corrected chi connectivity index (χ0v) is 49.6. The summed E-state index contributed by atoms with van der Waals surface area (Å²) < 4.78 is 20.6. The van der Waals surface area contributed by atoms with E-state index in [4.69, 9.17) is 29.2 Å². The largest absolute Gasteiger partial charge is 0.469 e. The van der Waals surface area contributed by atoms with E-state index in [1.54, 1.807) is 0 Å². The van der Waals surface area contributed by atoms with E-state index in [0.29, 0.717) is 0 Å². The summed E-state index contributed by atoms with van der Waals surface area (Å²) in [4.78, 5) is 51.3. The standard InChI is InChI=1S/3C21H25N5O2/c3*1-4-26-19-8-6-15(13(2)21(19)24-25-26)16(11-20(27)28-3)17-7-5-14-9-10-22-12-18(14)23-17/h3*5-8,16,22H,4,9-12H2,1-3H3/t16-;;/m0../s1. The van der Waals surface area contributed by atoms with Crippen LogP contribution in [0.3, 0.4) is 0 Å². The Morgan fingerprint density at radius 3 is 0.988 bits per heavy atom. The number of benzene rings is 3. The van der Waals surface area contributed by atoms with E-state index in [9.17, 15) is 14.4 Å². The lowest BCUT2D eigenvalue weighted by atomic mass is 9.87. The van der Waals surface area contributed by atoms with Crippen molar-refractivity contribution >= 4 is 51.0 Å². The number of carbonyl (C=O) groups is 3. The average Bonchev–Trinajstić information content (AvgIpc) is 2.48. The maximum absolute atomic E-state index is 12.2. The monoisotopic (exact) mass is 1140 g/mol. The second-order valence-corrected chi connectivity index (χ2v) is 21.5.